The lowest BCUT2D eigenvalue weighted by molar-refractivity contribution is 0.321. The summed E-state index contributed by atoms with van der Waals surface area (Å²) in [5, 5.41) is 3.52. The summed E-state index contributed by atoms with van der Waals surface area (Å²) in [5.41, 5.74) is 1.10. The average molecular weight is 276 g/mol. The maximum absolute atomic E-state index is 5.53. The highest BCUT2D eigenvalue weighted by atomic mass is 32.1. The Morgan fingerprint density at radius 1 is 1.37 bits per heavy atom. The van der Waals surface area contributed by atoms with E-state index in [0.717, 1.165) is 18.0 Å². The van der Waals surface area contributed by atoms with Gasteiger partial charge >= 0.3 is 0 Å². The van der Waals surface area contributed by atoms with Gasteiger partial charge in [0.25, 0.3) is 0 Å². The summed E-state index contributed by atoms with van der Waals surface area (Å²) in [6, 6.07) is 8.68. The van der Waals surface area contributed by atoms with Gasteiger partial charge in [-0.2, -0.15) is 0 Å². The van der Waals surface area contributed by atoms with E-state index in [1.807, 2.05) is 24.3 Å². The molecule has 0 saturated heterocycles. The Hall–Kier alpha value is -1.39. The van der Waals surface area contributed by atoms with Crippen LogP contribution in [0.1, 0.15) is 35.2 Å². The molecule has 2 rings (SSSR count). The van der Waals surface area contributed by atoms with Gasteiger partial charge in [0.2, 0.25) is 5.88 Å². The number of aromatic nitrogens is 1. The molecule has 1 N–H and O–H groups in total. The minimum atomic E-state index is 0.341. The largest absolute Gasteiger partial charge is 0.478 e. The van der Waals surface area contributed by atoms with Crippen molar-refractivity contribution in [2.45, 2.75) is 33.4 Å². The van der Waals surface area contributed by atoms with Crippen molar-refractivity contribution in [3.8, 4) is 5.88 Å². The molecule has 0 aliphatic carbocycles. The second-order valence-electron chi connectivity index (χ2n) is 4.45. The summed E-state index contributed by atoms with van der Waals surface area (Å²) in [5.74, 6) is 0.729. The van der Waals surface area contributed by atoms with E-state index < -0.39 is 0 Å². The zero-order chi connectivity index (χ0) is 13.7. The number of ether oxygens (including phenoxy) is 1. The Balaban J connectivity index is 1.98. The number of hydrogen-bond donors (Lipinski definition) is 1. The Bertz CT molecular complexity index is 524. The molecule has 0 aliphatic rings. The van der Waals surface area contributed by atoms with E-state index in [1.165, 1.54) is 9.75 Å². The van der Waals surface area contributed by atoms with E-state index in [4.69, 9.17) is 4.74 Å². The van der Waals surface area contributed by atoms with Crippen LogP contribution >= 0.6 is 11.3 Å². The maximum Gasteiger partial charge on any atom is 0.217 e. The molecule has 0 bridgehead atoms. The van der Waals surface area contributed by atoms with Gasteiger partial charge in [0.1, 0.15) is 0 Å². The molecule has 2 aromatic heterocycles. The van der Waals surface area contributed by atoms with Crippen molar-refractivity contribution in [2.75, 3.05) is 6.61 Å². The van der Waals surface area contributed by atoms with Crippen molar-refractivity contribution in [3.05, 3.63) is 45.8 Å². The summed E-state index contributed by atoms with van der Waals surface area (Å²) in [6.07, 6.45) is 1.76. The monoisotopic (exact) mass is 276 g/mol. The summed E-state index contributed by atoms with van der Waals surface area (Å²) < 4.78 is 5.53. The van der Waals surface area contributed by atoms with E-state index in [0.29, 0.717) is 12.6 Å². The van der Waals surface area contributed by atoms with Crippen LogP contribution in [0, 0.1) is 6.92 Å². The molecule has 4 heteroatoms. The van der Waals surface area contributed by atoms with Crippen LogP contribution in [0.2, 0.25) is 0 Å². The minimum Gasteiger partial charge on any atom is -0.478 e. The smallest absolute Gasteiger partial charge is 0.217 e. The van der Waals surface area contributed by atoms with Crippen molar-refractivity contribution in [3.63, 3.8) is 0 Å². The van der Waals surface area contributed by atoms with E-state index in [-0.39, 0.29) is 0 Å². The number of nitrogens with zero attached hydrogens (tertiary/aromatic N) is 1. The third-order valence-electron chi connectivity index (χ3n) is 2.92. The third-order valence-corrected chi connectivity index (χ3v) is 4.10. The van der Waals surface area contributed by atoms with Crippen molar-refractivity contribution in [1.82, 2.24) is 10.3 Å². The molecule has 0 aliphatic heterocycles. The molecule has 0 fully saturated rings. The summed E-state index contributed by atoms with van der Waals surface area (Å²) in [6.45, 7) is 7.70. The van der Waals surface area contributed by atoms with Gasteiger partial charge < -0.3 is 10.1 Å². The number of aryl methyl sites for hydroxylation is 1. The Labute approximate surface area is 118 Å². The Kier molecular flexibility index (Phi) is 4.93. The van der Waals surface area contributed by atoms with Gasteiger partial charge in [-0.05, 0) is 39.0 Å². The first kappa shape index (κ1) is 14.0. The Morgan fingerprint density at radius 2 is 2.21 bits per heavy atom. The maximum atomic E-state index is 5.53. The lowest BCUT2D eigenvalue weighted by Crippen LogP contribution is -2.18. The number of pyridine rings is 1. The quantitative estimate of drug-likeness (QED) is 0.873. The van der Waals surface area contributed by atoms with Gasteiger partial charge in [-0.15, -0.1) is 11.3 Å². The third kappa shape index (κ3) is 3.78. The van der Waals surface area contributed by atoms with Crippen LogP contribution in [0.3, 0.4) is 0 Å². The van der Waals surface area contributed by atoms with Crippen LogP contribution in [0.15, 0.2) is 30.5 Å². The molecule has 102 valence electrons. The minimum absolute atomic E-state index is 0.341. The zero-order valence-corrected chi connectivity index (χ0v) is 12.5. The van der Waals surface area contributed by atoms with Gasteiger partial charge in [-0.25, -0.2) is 4.98 Å². The first-order chi connectivity index (χ1) is 9.20. The number of rotatable bonds is 6. The molecule has 2 heterocycles. The summed E-state index contributed by atoms with van der Waals surface area (Å²) >= 11 is 1.84. The highest BCUT2D eigenvalue weighted by molar-refractivity contribution is 7.12. The van der Waals surface area contributed by atoms with Crippen molar-refractivity contribution < 1.29 is 4.74 Å². The highest BCUT2D eigenvalue weighted by Gasteiger charge is 2.09. The topological polar surface area (TPSA) is 34.1 Å². The van der Waals surface area contributed by atoms with Gasteiger partial charge in [-0.1, -0.05) is 6.07 Å². The molecule has 3 nitrogen and oxygen atoms in total. The fourth-order valence-corrected chi connectivity index (χ4v) is 2.78. The van der Waals surface area contributed by atoms with Crippen molar-refractivity contribution in [2.24, 2.45) is 0 Å². The van der Waals surface area contributed by atoms with Crippen LogP contribution in [0.5, 0.6) is 5.88 Å². The normalized spacial score (nSPS) is 12.4. The average Bonchev–Trinajstić information content (AvgIpc) is 2.84. The first-order valence-corrected chi connectivity index (χ1v) is 7.38. The molecule has 0 amide bonds. The van der Waals surface area contributed by atoms with Gasteiger partial charge in [0.05, 0.1) is 6.61 Å². The molecule has 2 aromatic rings. The molecule has 0 radical (unpaired) electrons. The predicted molar refractivity (Wildman–Crippen MR) is 79.7 cm³/mol. The molecule has 1 atom stereocenters. The molecule has 0 saturated carbocycles. The van der Waals surface area contributed by atoms with Crippen LogP contribution in [0.4, 0.5) is 0 Å². The van der Waals surface area contributed by atoms with Crippen LogP contribution in [0.25, 0.3) is 0 Å². The Morgan fingerprint density at radius 3 is 2.89 bits per heavy atom. The molecular weight excluding hydrogens is 256 g/mol. The summed E-state index contributed by atoms with van der Waals surface area (Å²) in [7, 11) is 0. The lowest BCUT2D eigenvalue weighted by Gasteiger charge is -2.14. The molecular formula is C15H20N2OS. The van der Waals surface area contributed by atoms with E-state index in [1.54, 1.807) is 6.20 Å². The second kappa shape index (κ2) is 6.68. The van der Waals surface area contributed by atoms with Gasteiger partial charge in [0, 0.05) is 34.1 Å². The predicted octanol–water partition coefficient (Wildman–Crippen LogP) is 3.70. The first-order valence-electron chi connectivity index (χ1n) is 6.57. The fourth-order valence-electron chi connectivity index (χ4n) is 1.88. The van der Waals surface area contributed by atoms with Crippen molar-refractivity contribution >= 4 is 11.3 Å². The van der Waals surface area contributed by atoms with Gasteiger partial charge in [0.15, 0.2) is 0 Å². The molecule has 0 aromatic carbocycles. The number of thiophene rings is 1. The van der Waals surface area contributed by atoms with E-state index in [2.05, 4.69) is 42.3 Å². The zero-order valence-electron chi connectivity index (χ0n) is 11.6. The van der Waals surface area contributed by atoms with E-state index >= 15 is 0 Å². The van der Waals surface area contributed by atoms with Crippen LogP contribution < -0.4 is 10.1 Å². The number of hydrogen-bond acceptors (Lipinski definition) is 4. The lowest BCUT2D eigenvalue weighted by atomic mass is 10.2. The van der Waals surface area contributed by atoms with Gasteiger partial charge in [-0.3, -0.25) is 0 Å². The molecule has 0 unspecified atom stereocenters. The highest BCUT2D eigenvalue weighted by Crippen LogP contribution is 2.23. The molecule has 19 heavy (non-hydrogen) atoms. The SMILES string of the molecule is CCOc1ncccc1CN[C@@H](C)c1ccc(C)s1. The standard InChI is InChI=1S/C15H20N2OS/c1-4-18-15-13(6-5-9-16-15)10-17-12(3)14-8-7-11(2)19-14/h5-9,12,17H,4,10H2,1-3H3/t12-/m0/s1. The molecule has 0 spiro atoms. The number of nitrogens with one attached hydrogen (secondary N) is 1. The summed E-state index contributed by atoms with van der Waals surface area (Å²) in [4.78, 5) is 6.97. The van der Waals surface area contributed by atoms with Crippen LogP contribution in [-0.2, 0) is 6.54 Å². The fraction of sp³-hybridized carbons (Fsp3) is 0.400. The van der Waals surface area contributed by atoms with E-state index in [9.17, 15) is 0 Å². The van der Waals surface area contributed by atoms with Crippen molar-refractivity contribution in [1.29, 1.82) is 0 Å². The second-order valence-corrected chi connectivity index (χ2v) is 5.77. The van der Waals surface area contributed by atoms with Crippen LogP contribution in [-0.4, -0.2) is 11.6 Å².